The Morgan fingerprint density at radius 2 is 2.12 bits per heavy atom. The minimum Gasteiger partial charge on any atom is -0.394 e. The number of anilines is 1. The molecule has 0 amide bonds. The number of fused-ring (bicyclic) bond motifs is 1. The molecule has 3 rings (SSSR count). The van der Waals surface area contributed by atoms with Gasteiger partial charge in [-0.3, -0.25) is 0 Å². The summed E-state index contributed by atoms with van der Waals surface area (Å²) in [5, 5.41) is 12.8. The molecule has 16 heavy (non-hydrogen) atoms. The molecule has 1 heterocycles. The molecule has 0 atom stereocenters. The van der Waals surface area contributed by atoms with E-state index in [0.29, 0.717) is 0 Å². The van der Waals surface area contributed by atoms with Gasteiger partial charge in [0.15, 0.2) is 0 Å². The van der Waals surface area contributed by atoms with E-state index in [1.807, 2.05) is 0 Å². The summed E-state index contributed by atoms with van der Waals surface area (Å²) in [7, 11) is 0. The molecule has 0 unspecified atom stereocenters. The summed E-state index contributed by atoms with van der Waals surface area (Å²) in [5.41, 5.74) is 2.56. The van der Waals surface area contributed by atoms with Crippen LogP contribution in [0.15, 0.2) is 12.1 Å². The van der Waals surface area contributed by atoms with Gasteiger partial charge in [0, 0.05) is 5.69 Å². The summed E-state index contributed by atoms with van der Waals surface area (Å²) in [6.07, 6.45) is 6.84. The Morgan fingerprint density at radius 1 is 1.25 bits per heavy atom. The maximum Gasteiger partial charge on any atom is 0.126 e. The van der Waals surface area contributed by atoms with Crippen molar-refractivity contribution in [2.24, 2.45) is 0 Å². The normalized spacial score (nSPS) is 21.3. The first-order valence-electron chi connectivity index (χ1n) is 6.19. The van der Waals surface area contributed by atoms with Crippen molar-refractivity contribution in [2.75, 3.05) is 11.9 Å². The summed E-state index contributed by atoms with van der Waals surface area (Å²) in [6, 6.07) is 4.24. The van der Waals surface area contributed by atoms with E-state index in [0.717, 1.165) is 25.1 Å². The number of nitrogens with one attached hydrogen (secondary N) is 1. The first kappa shape index (κ1) is 10.1. The smallest absolute Gasteiger partial charge is 0.126 e. The fourth-order valence-corrected chi connectivity index (χ4v) is 2.69. The van der Waals surface area contributed by atoms with Crippen molar-refractivity contribution in [3.8, 4) is 0 Å². The number of nitrogens with zero attached hydrogens (tertiary/aromatic N) is 1. The molecular weight excluding hydrogens is 200 g/mol. The Morgan fingerprint density at radius 3 is 2.81 bits per heavy atom. The maximum atomic E-state index is 9.40. The molecule has 3 heteroatoms. The van der Waals surface area contributed by atoms with E-state index < -0.39 is 0 Å². The molecule has 2 aliphatic rings. The topological polar surface area (TPSA) is 45.1 Å². The van der Waals surface area contributed by atoms with Crippen LogP contribution in [0.25, 0.3) is 0 Å². The van der Waals surface area contributed by atoms with Gasteiger partial charge in [0.1, 0.15) is 5.82 Å². The van der Waals surface area contributed by atoms with Crippen molar-refractivity contribution in [3.63, 3.8) is 0 Å². The highest BCUT2D eigenvalue weighted by molar-refractivity contribution is 5.43. The molecule has 0 aromatic carbocycles. The molecule has 2 N–H and O–H groups in total. The SMILES string of the molecule is OCC1(Nc2ccc3c(n2)CCC3)CCC1. The zero-order valence-electron chi connectivity index (χ0n) is 9.50. The molecule has 1 saturated carbocycles. The Labute approximate surface area is 95.9 Å². The van der Waals surface area contributed by atoms with Crippen LogP contribution in [0.5, 0.6) is 0 Å². The van der Waals surface area contributed by atoms with E-state index in [1.165, 1.54) is 30.5 Å². The Hall–Kier alpha value is -1.09. The lowest BCUT2D eigenvalue weighted by Gasteiger charge is -2.41. The van der Waals surface area contributed by atoms with Gasteiger partial charge in [0.2, 0.25) is 0 Å². The van der Waals surface area contributed by atoms with Gasteiger partial charge in [-0.05, 0) is 50.2 Å². The van der Waals surface area contributed by atoms with Crippen LogP contribution in [0, 0.1) is 0 Å². The standard InChI is InChI=1S/C13H18N2O/c16-9-13(7-2-8-13)15-12-6-5-10-3-1-4-11(10)14-12/h5-6,16H,1-4,7-9H2,(H,14,15). The van der Waals surface area contributed by atoms with Crippen molar-refractivity contribution < 1.29 is 5.11 Å². The van der Waals surface area contributed by atoms with E-state index in [9.17, 15) is 5.11 Å². The Balaban J connectivity index is 1.80. The second-order valence-electron chi connectivity index (χ2n) is 5.07. The van der Waals surface area contributed by atoms with Crippen LogP contribution >= 0.6 is 0 Å². The van der Waals surface area contributed by atoms with Gasteiger partial charge in [-0.1, -0.05) is 6.07 Å². The van der Waals surface area contributed by atoms with E-state index in [4.69, 9.17) is 0 Å². The largest absolute Gasteiger partial charge is 0.394 e. The van der Waals surface area contributed by atoms with Crippen LogP contribution in [0.1, 0.15) is 36.9 Å². The fraction of sp³-hybridized carbons (Fsp3) is 0.615. The molecule has 1 aromatic rings. The molecule has 86 valence electrons. The second kappa shape index (κ2) is 3.74. The highest BCUT2D eigenvalue weighted by Gasteiger charge is 2.36. The van der Waals surface area contributed by atoms with Crippen LogP contribution in [-0.2, 0) is 12.8 Å². The van der Waals surface area contributed by atoms with Crippen molar-refractivity contribution in [2.45, 2.75) is 44.1 Å². The number of rotatable bonds is 3. The molecule has 0 radical (unpaired) electrons. The summed E-state index contributed by atoms with van der Waals surface area (Å²) >= 11 is 0. The Kier molecular flexibility index (Phi) is 2.36. The van der Waals surface area contributed by atoms with Gasteiger partial charge in [-0.15, -0.1) is 0 Å². The highest BCUT2D eigenvalue weighted by Crippen LogP contribution is 2.34. The number of aliphatic hydroxyl groups is 1. The summed E-state index contributed by atoms with van der Waals surface area (Å²) in [6.45, 7) is 0.214. The molecule has 0 aliphatic heterocycles. The molecule has 1 fully saturated rings. The average Bonchev–Trinajstić information content (AvgIpc) is 2.70. The molecule has 3 nitrogen and oxygen atoms in total. The van der Waals surface area contributed by atoms with Crippen molar-refractivity contribution >= 4 is 5.82 Å². The quantitative estimate of drug-likeness (QED) is 0.814. The highest BCUT2D eigenvalue weighted by atomic mass is 16.3. The summed E-state index contributed by atoms with van der Waals surface area (Å²) in [5.74, 6) is 0.939. The lowest BCUT2D eigenvalue weighted by molar-refractivity contribution is 0.144. The van der Waals surface area contributed by atoms with Crippen molar-refractivity contribution in [1.82, 2.24) is 4.98 Å². The van der Waals surface area contributed by atoms with Crippen LogP contribution in [0.3, 0.4) is 0 Å². The number of aliphatic hydroxyl groups excluding tert-OH is 1. The fourth-order valence-electron chi connectivity index (χ4n) is 2.69. The summed E-state index contributed by atoms with van der Waals surface area (Å²) < 4.78 is 0. The number of hydrogen-bond donors (Lipinski definition) is 2. The molecule has 0 saturated heterocycles. The van der Waals surface area contributed by atoms with Crippen molar-refractivity contribution in [1.29, 1.82) is 0 Å². The number of aromatic nitrogens is 1. The van der Waals surface area contributed by atoms with Crippen molar-refractivity contribution in [3.05, 3.63) is 23.4 Å². The van der Waals surface area contributed by atoms with Crippen LogP contribution in [-0.4, -0.2) is 22.2 Å². The van der Waals surface area contributed by atoms with E-state index in [2.05, 4.69) is 22.4 Å². The van der Waals surface area contributed by atoms with Gasteiger partial charge in [-0.2, -0.15) is 0 Å². The minimum absolute atomic E-state index is 0.0835. The lowest BCUT2D eigenvalue weighted by Crippen LogP contribution is -2.48. The maximum absolute atomic E-state index is 9.40. The van der Waals surface area contributed by atoms with E-state index >= 15 is 0 Å². The lowest BCUT2D eigenvalue weighted by atomic mass is 9.77. The van der Waals surface area contributed by atoms with Gasteiger partial charge in [-0.25, -0.2) is 4.98 Å². The summed E-state index contributed by atoms with van der Waals surface area (Å²) in [4.78, 5) is 4.65. The van der Waals surface area contributed by atoms with Gasteiger partial charge in [0.05, 0.1) is 12.1 Å². The third-order valence-corrected chi connectivity index (χ3v) is 3.93. The molecule has 0 bridgehead atoms. The van der Waals surface area contributed by atoms with Gasteiger partial charge < -0.3 is 10.4 Å². The number of hydrogen-bond acceptors (Lipinski definition) is 3. The Bertz CT molecular complexity index is 393. The molecule has 0 spiro atoms. The molecule has 2 aliphatic carbocycles. The van der Waals surface area contributed by atoms with Gasteiger partial charge in [0.25, 0.3) is 0 Å². The average molecular weight is 218 g/mol. The first-order valence-corrected chi connectivity index (χ1v) is 6.19. The molecule has 1 aromatic heterocycles. The number of pyridine rings is 1. The van der Waals surface area contributed by atoms with Gasteiger partial charge >= 0.3 is 0 Å². The third kappa shape index (κ3) is 1.59. The second-order valence-corrected chi connectivity index (χ2v) is 5.07. The molecular formula is C13H18N2O. The zero-order valence-corrected chi connectivity index (χ0v) is 9.50. The third-order valence-electron chi connectivity index (χ3n) is 3.93. The van der Waals surface area contributed by atoms with E-state index in [1.54, 1.807) is 0 Å². The predicted molar refractivity (Wildman–Crippen MR) is 63.6 cm³/mol. The number of aryl methyl sites for hydroxylation is 2. The minimum atomic E-state index is -0.0835. The van der Waals surface area contributed by atoms with Crippen LogP contribution in [0.4, 0.5) is 5.82 Å². The first-order chi connectivity index (χ1) is 7.81. The monoisotopic (exact) mass is 218 g/mol. The van der Waals surface area contributed by atoms with Crippen LogP contribution in [0.2, 0.25) is 0 Å². The van der Waals surface area contributed by atoms with Crippen LogP contribution < -0.4 is 5.32 Å². The predicted octanol–water partition coefficient (Wildman–Crippen LogP) is 1.90. The van der Waals surface area contributed by atoms with E-state index in [-0.39, 0.29) is 12.1 Å². The zero-order chi connectivity index (χ0) is 11.0.